The molecule has 0 aliphatic carbocycles. The maximum Gasteiger partial charge on any atom is 0.225 e. The Labute approximate surface area is 150 Å². The fourth-order valence-electron chi connectivity index (χ4n) is 3.14. The van der Waals surface area contributed by atoms with E-state index < -0.39 is 0 Å². The molecular weight excluding hydrogens is 318 g/mol. The molecule has 1 saturated heterocycles. The molecule has 0 aromatic carbocycles. The first-order valence-corrected chi connectivity index (χ1v) is 8.78. The van der Waals surface area contributed by atoms with Gasteiger partial charge in [0.25, 0.3) is 0 Å². The van der Waals surface area contributed by atoms with Gasteiger partial charge in [-0.3, -0.25) is 9.59 Å². The fourth-order valence-corrected chi connectivity index (χ4v) is 3.14. The molecule has 0 spiro atoms. The summed E-state index contributed by atoms with van der Waals surface area (Å²) in [5.41, 5.74) is 0.792. The van der Waals surface area contributed by atoms with Gasteiger partial charge in [0.2, 0.25) is 11.8 Å². The second kappa shape index (κ2) is 7.80. The number of anilines is 1. The number of amides is 2. The van der Waals surface area contributed by atoms with E-state index >= 15 is 0 Å². The Hall–Kier alpha value is -2.18. The van der Waals surface area contributed by atoms with Crippen LogP contribution in [-0.4, -0.2) is 59.3 Å². The SMILES string of the molecule is CC(=O)N1CCC[C@H]1c1nc(CN(C)C(=O)C(C)C)cc(N(C)C)n1. The third kappa shape index (κ3) is 4.46. The largest absolute Gasteiger partial charge is 0.363 e. The predicted molar refractivity (Wildman–Crippen MR) is 97.0 cm³/mol. The van der Waals surface area contributed by atoms with Crippen molar-refractivity contribution >= 4 is 17.6 Å². The van der Waals surface area contributed by atoms with Crippen molar-refractivity contribution in [3.8, 4) is 0 Å². The fraction of sp³-hybridized carbons (Fsp3) is 0.667. The number of hydrogen-bond donors (Lipinski definition) is 0. The van der Waals surface area contributed by atoms with E-state index in [1.807, 2.05) is 43.8 Å². The van der Waals surface area contributed by atoms with E-state index in [-0.39, 0.29) is 23.8 Å². The van der Waals surface area contributed by atoms with Crippen LogP contribution in [0.2, 0.25) is 0 Å². The van der Waals surface area contributed by atoms with Gasteiger partial charge in [0.05, 0.1) is 18.3 Å². The van der Waals surface area contributed by atoms with Gasteiger partial charge >= 0.3 is 0 Å². The number of carbonyl (C=O) groups is 2. The predicted octanol–water partition coefficient (Wildman–Crippen LogP) is 1.84. The Bertz CT molecular complexity index is 644. The van der Waals surface area contributed by atoms with E-state index in [9.17, 15) is 9.59 Å². The van der Waals surface area contributed by atoms with Crippen molar-refractivity contribution < 1.29 is 9.59 Å². The van der Waals surface area contributed by atoms with Crippen molar-refractivity contribution in [1.82, 2.24) is 19.8 Å². The van der Waals surface area contributed by atoms with Gasteiger partial charge in [-0.2, -0.15) is 0 Å². The van der Waals surface area contributed by atoms with E-state index in [1.54, 1.807) is 18.9 Å². The van der Waals surface area contributed by atoms with Gasteiger partial charge in [-0.1, -0.05) is 13.8 Å². The lowest BCUT2D eigenvalue weighted by Crippen LogP contribution is -2.32. The van der Waals surface area contributed by atoms with Crippen LogP contribution >= 0.6 is 0 Å². The van der Waals surface area contributed by atoms with Gasteiger partial charge in [-0.25, -0.2) is 9.97 Å². The first kappa shape index (κ1) is 19.1. The van der Waals surface area contributed by atoms with Gasteiger partial charge in [-0.05, 0) is 12.8 Å². The lowest BCUT2D eigenvalue weighted by molar-refractivity contribution is -0.133. The summed E-state index contributed by atoms with van der Waals surface area (Å²) in [4.78, 5) is 38.8. The van der Waals surface area contributed by atoms with Crippen LogP contribution < -0.4 is 4.90 Å². The summed E-state index contributed by atoms with van der Waals surface area (Å²) in [5.74, 6) is 1.54. The molecule has 1 atom stereocenters. The van der Waals surface area contributed by atoms with Crippen LogP contribution in [0.5, 0.6) is 0 Å². The van der Waals surface area contributed by atoms with Crippen molar-refractivity contribution in [3.05, 3.63) is 17.6 Å². The average molecular weight is 347 g/mol. The topological polar surface area (TPSA) is 69.6 Å². The summed E-state index contributed by atoms with van der Waals surface area (Å²) in [7, 11) is 5.64. The minimum absolute atomic E-state index is 0.0509. The minimum Gasteiger partial charge on any atom is -0.363 e. The van der Waals surface area contributed by atoms with Gasteiger partial charge in [0, 0.05) is 46.6 Å². The maximum absolute atomic E-state index is 12.2. The number of nitrogens with zero attached hydrogens (tertiary/aromatic N) is 5. The molecule has 7 nitrogen and oxygen atoms in total. The zero-order valence-electron chi connectivity index (χ0n) is 16.1. The average Bonchev–Trinajstić information content (AvgIpc) is 3.03. The van der Waals surface area contributed by atoms with E-state index in [4.69, 9.17) is 0 Å². The number of likely N-dealkylation sites (tertiary alicyclic amines) is 1. The quantitative estimate of drug-likeness (QED) is 0.813. The normalized spacial score (nSPS) is 17.1. The van der Waals surface area contributed by atoms with Crippen molar-refractivity contribution in [2.24, 2.45) is 5.92 Å². The van der Waals surface area contributed by atoms with Crippen molar-refractivity contribution in [2.45, 2.75) is 46.2 Å². The molecule has 1 aliphatic rings. The zero-order valence-corrected chi connectivity index (χ0v) is 16.1. The van der Waals surface area contributed by atoms with Gasteiger partial charge in [0.1, 0.15) is 5.82 Å². The molecule has 1 aliphatic heterocycles. The number of aromatic nitrogens is 2. The smallest absolute Gasteiger partial charge is 0.225 e. The second-order valence-electron chi connectivity index (χ2n) is 7.19. The van der Waals surface area contributed by atoms with Crippen molar-refractivity contribution in [1.29, 1.82) is 0 Å². The van der Waals surface area contributed by atoms with E-state index in [2.05, 4.69) is 9.97 Å². The molecule has 138 valence electrons. The second-order valence-corrected chi connectivity index (χ2v) is 7.19. The Balaban J connectivity index is 2.33. The molecule has 2 rings (SSSR count). The number of carbonyl (C=O) groups excluding carboxylic acids is 2. The Morgan fingerprint density at radius 1 is 1.28 bits per heavy atom. The Morgan fingerprint density at radius 3 is 2.52 bits per heavy atom. The molecule has 0 bridgehead atoms. The van der Waals surface area contributed by atoms with Crippen LogP contribution in [0.25, 0.3) is 0 Å². The molecule has 2 amide bonds. The third-order valence-electron chi connectivity index (χ3n) is 4.47. The summed E-state index contributed by atoms with van der Waals surface area (Å²) < 4.78 is 0. The first-order chi connectivity index (χ1) is 11.7. The van der Waals surface area contributed by atoms with Crippen LogP contribution in [0.15, 0.2) is 6.07 Å². The zero-order chi connectivity index (χ0) is 18.7. The van der Waals surface area contributed by atoms with Gasteiger partial charge in [0.15, 0.2) is 5.82 Å². The lowest BCUT2D eigenvalue weighted by Gasteiger charge is -2.25. The van der Waals surface area contributed by atoms with Crippen LogP contribution in [0.4, 0.5) is 5.82 Å². The summed E-state index contributed by atoms with van der Waals surface area (Å²) in [6.45, 7) is 6.54. The first-order valence-electron chi connectivity index (χ1n) is 8.78. The highest BCUT2D eigenvalue weighted by Crippen LogP contribution is 2.31. The Morgan fingerprint density at radius 2 is 1.96 bits per heavy atom. The molecule has 1 aromatic heterocycles. The molecule has 0 saturated carbocycles. The standard InChI is InChI=1S/C18H29N5O2/c1-12(2)18(25)22(6)11-14-10-16(21(4)5)20-17(19-14)15-8-7-9-23(15)13(3)24/h10,12,15H,7-9,11H2,1-6H3/t15-/m0/s1. The minimum atomic E-state index is -0.0812. The number of hydrogen-bond acceptors (Lipinski definition) is 5. The third-order valence-corrected chi connectivity index (χ3v) is 4.47. The highest BCUT2D eigenvalue weighted by Gasteiger charge is 2.31. The van der Waals surface area contributed by atoms with Crippen LogP contribution in [0, 0.1) is 5.92 Å². The van der Waals surface area contributed by atoms with Crippen LogP contribution in [-0.2, 0) is 16.1 Å². The van der Waals surface area contributed by atoms with Gasteiger partial charge < -0.3 is 14.7 Å². The van der Waals surface area contributed by atoms with E-state index in [0.717, 1.165) is 30.9 Å². The monoisotopic (exact) mass is 347 g/mol. The summed E-state index contributed by atoms with van der Waals surface area (Å²) in [5, 5.41) is 0. The highest BCUT2D eigenvalue weighted by atomic mass is 16.2. The summed E-state index contributed by atoms with van der Waals surface area (Å²) >= 11 is 0. The maximum atomic E-state index is 12.2. The molecular formula is C18H29N5O2. The van der Waals surface area contributed by atoms with Gasteiger partial charge in [-0.15, -0.1) is 0 Å². The van der Waals surface area contributed by atoms with Crippen molar-refractivity contribution in [2.75, 3.05) is 32.6 Å². The van der Waals surface area contributed by atoms with Crippen molar-refractivity contribution in [3.63, 3.8) is 0 Å². The van der Waals surface area contributed by atoms with E-state index in [0.29, 0.717) is 12.4 Å². The Kier molecular flexibility index (Phi) is 5.98. The summed E-state index contributed by atoms with van der Waals surface area (Å²) in [6, 6.07) is 1.82. The highest BCUT2D eigenvalue weighted by molar-refractivity contribution is 5.77. The molecule has 7 heteroatoms. The van der Waals surface area contributed by atoms with E-state index in [1.165, 1.54) is 0 Å². The molecule has 0 radical (unpaired) electrons. The molecule has 25 heavy (non-hydrogen) atoms. The summed E-state index contributed by atoms with van der Waals surface area (Å²) in [6.07, 6.45) is 1.83. The molecule has 1 aromatic rings. The van der Waals surface area contributed by atoms with Crippen LogP contribution in [0.3, 0.4) is 0 Å². The molecule has 2 heterocycles. The lowest BCUT2D eigenvalue weighted by atomic mass is 10.2. The molecule has 0 N–H and O–H groups in total. The number of rotatable bonds is 5. The molecule has 1 fully saturated rings. The van der Waals surface area contributed by atoms with Crippen LogP contribution in [0.1, 0.15) is 51.2 Å². The molecule has 0 unspecified atom stereocenters.